The molecule has 1 amide bonds. The molecule has 2 aromatic rings. The molecule has 0 heterocycles. The molecule has 3 heteroatoms. The van der Waals surface area contributed by atoms with Gasteiger partial charge in [-0.3, -0.25) is 4.79 Å². The largest absolute Gasteiger partial charge is 0.350 e. The number of aryl methyl sites for hydroxylation is 1. The monoisotopic (exact) mass is 268 g/mol. The number of rotatable bonds is 5. The van der Waals surface area contributed by atoms with E-state index < -0.39 is 6.04 Å². The fraction of sp³-hybridized carbons (Fsp3) is 0.235. The van der Waals surface area contributed by atoms with E-state index in [9.17, 15) is 4.79 Å². The van der Waals surface area contributed by atoms with Crippen molar-refractivity contribution in [2.75, 3.05) is 0 Å². The number of hydrogen-bond donors (Lipinski definition) is 2. The van der Waals surface area contributed by atoms with E-state index >= 15 is 0 Å². The van der Waals surface area contributed by atoms with E-state index in [1.165, 1.54) is 5.56 Å². The highest BCUT2D eigenvalue weighted by Crippen LogP contribution is 2.12. The van der Waals surface area contributed by atoms with Gasteiger partial charge in [-0.05, 0) is 23.1 Å². The normalized spacial score (nSPS) is 11.9. The number of nitrogens with one attached hydrogen (secondary N) is 1. The Bertz CT molecular complexity index is 566. The first kappa shape index (κ1) is 14.3. The highest BCUT2D eigenvalue weighted by atomic mass is 16.2. The van der Waals surface area contributed by atoms with Crippen molar-refractivity contribution < 1.29 is 4.79 Å². The van der Waals surface area contributed by atoms with Crippen LogP contribution in [0.1, 0.15) is 29.7 Å². The Labute approximate surface area is 119 Å². The minimum Gasteiger partial charge on any atom is -0.350 e. The Hall–Kier alpha value is -2.13. The molecule has 0 aliphatic carbocycles. The number of hydrogen-bond acceptors (Lipinski definition) is 2. The Morgan fingerprint density at radius 1 is 1.05 bits per heavy atom. The summed E-state index contributed by atoms with van der Waals surface area (Å²) in [7, 11) is 0. The van der Waals surface area contributed by atoms with Crippen molar-refractivity contribution in [1.82, 2.24) is 5.32 Å². The fourth-order valence-corrected chi connectivity index (χ4v) is 2.18. The maximum absolute atomic E-state index is 12.1. The standard InChI is InChI=1S/C17H20N2O/c1-2-13-8-6-7-11-15(13)12-19-17(20)16(18)14-9-4-3-5-10-14/h3-11,16H,2,12,18H2,1H3,(H,19,20)/t16-/m1/s1. The second-order valence-electron chi connectivity index (χ2n) is 4.73. The van der Waals surface area contributed by atoms with Gasteiger partial charge in [0.2, 0.25) is 5.91 Å². The third-order valence-corrected chi connectivity index (χ3v) is 3.39. The minimum atomic E-state index is -0.620. The molecule has 0 saturated carbocycles. The zero-order valence-electron chi connectivity index (χ0n) is 11.7. The van der Waals surface area contributed by atoms with Crippen LogP contribution >= 0.6 is 0 Å². The van der Waals surface area contributed by atoms with Crippen molar-refractivity contribution in [3.05, 3.63) is 71.3 Å². The number of carbonyl (C=O) groups excluding carboxylic acids is 1. The molecule has 2 rings (SSSR count). The van der Waals surface area contributed by atoms with Gasteiger partial charge in [0.25, 0.3) is 0 Å². The molecular weight excluding hydrogens is 248 g/mol. The lowest BCUT2D eigenvalue weighted by Gasteiger charge is -2.14. The summed E-state index contributed by atoms with van der Waals surface area (Å²) < 4.78 is 0. The molecule has 0 fully saturated rings. The van der Waals surface area contributed by atoms with E-state index in [-0.39, 0.29) is 5.91 Å². The zero-order chi connectivity index (χ0) is 14.4. The zero-order valence-corrected chi connectivity index (χ0v) is 11.7. The molecule has 0 spiro atoms. The quantitative estimate of drug-likeness (QED) is 0.875. The molecule has 0 aromatic heterocycles. The predicted molar refractivity (Wildman–Crippen MR) is 81.0 cm³/mol. The summed E-state index contributed by atoms with van der Waals surface area (Å²) >= 11 is 0. The van der Waals surface area contributed by atoms with Gasteiger partial charge in [-0.1, -0.05) is 61.5 Å². The van der Waals surface area contributed by atoms with Crippen LogP contribution in [0.5, 0.6) is 0 Å². The minimum absolute atomic E-state index is 0.151. The van der Waals surface area contributed by atoms with E-state index in [4.69, 9.17) is 5.73 Å². The van der Waals surface area contributed by atoms with Gasteiger partial charge in [-0.2, -0.15) is 0 Å². The molecule has 0 radical (unpaired) electrons. The number of benzene rings is 2. The summed E-state index contributed by atoms with van der Waals surface area (Å²) in [5.74, 6) is -0.151. The van der Waals surface area contributed by atoms with Crippen LogP contribution in [0.15, 0.2) is 54.6 Å². The number of amides is 1. The molecule has 104 valence electrons. The van der Waals surface area contributed by atoms with Gasteiger partial charge in [0.05, 0.1) is 0 Å². The third kappa shape index (κ3) is 3.45. The molecule has 0 aliphatic heterocycles. The SMILES string of the molecule is CCc1ccccc1CNC(=O)[C@H](N)c1ccccc1. The Kier molecular flexibility index (Phi) is 4.91. The Morgan fingerprint density at radius 2 is 1.65 bits per heavy atom. The van der Waals surface area contributed by atoms with Gasteiger partial charge in [0, 0.05) is 6.54 Å². The number of nitrogens with two attached hydrogens (primary N) is 1. The van der Waals surface area contributed by atoms with Gasteiger partial charge in [-0.15, -0.1) is 0 Å². The maximum atomic E-state index is 12.1. The lowest BCUT2D eigenvalue weighted by Crippen LogP contribution is -2.33. The Morgan fingerprint density at radius 3 is 2.30 bits per heavy atom. The van der Waals surface area contributed by atoms with Crippen molar-refractivity contribution in [2.45, 2.75) is 25.9 Å². The molecular formula is C17H20N2O. The first-order valence-corrected chi connectivity index (χ1v) is 6.87. The molecule has 0 unspecified atom stereocenters. The fourth-order valence-electron chi connectivity index (χ4n) is 2.18. The van der Waals surface area contributed by atoms with Gasteiger partial charge in [0.15, 0.2) is 0 Å². The molecule has 2 aromatic carbocycles. The van der Waals surface area contributed by atoms with Crippen LogP contribution in [0.4, 0.5) is 0 Å². The van der Waals surface area contributed by atoms with Gasteiger partial charge in [-0.25, -0.2) is 0 Å². The summed E-state index contributed by atoms with van der Waals surface area (Å²) in [5.41, 5.74) is 9.18. The highest BCUT2D eigenvalue weighted by Gasteiger charge is 2.15. The van der Waals surface area contributed by atoms with E-state index in [2.05, 4.69) is 18.3 Å². The first-order chi connectivity index (χ1) is 9.72. The lowest BCUT2D eigenvalue weighted by atomic mass is 10.0. The molecule has 3 nitrogen and oxygen atoms in total. The Balaban J connectivity index is 1.99. The maximum Gasteiger partial charge on any atom is 0.241 e. The topological polar surface area (TPSA) is 55.1 Å². The van der Waals surface area contributed by atoms with Crippen molar-refractivity contribution in [1.29, 1.82) is 0 Å². The average Bonchev–Trinajstić information content (AvgIpc) is 2.53. The molecule has 0 saturated heterocycles. The summed E-state index contributed by atoms with van der Waals surface area (Å²) in [6.07, 6.45) is 0.955. The van der Waals surface area contributed by atoms with Gasteiger partial charge in [0.1, 0.15) is 6.04 Å². The second-order valence-corrected chi connectivity index (χ2v) is 4.73. The van der Waals surface area contributed by atoms with E-state index in [0.717, 1.165) is 17.5 Å². The number of carbonyl (C=O) groups is 1. The lowest BCUT2D eigenvalue weighted by molar-refractivity contribution is -0.122. The smallest absolute Gasteiger partial charge is 0.241 e. The first-order valence-electron chi connectivity index (χ1n) is 6.87. The van der Waals surface area contributed by atoms with E-state index in [0.29, 0.717) is 6.54 Å². The van der Waals surface area contributed by atoms with Crippen LogP contribution in [0.3, 0.4) is 0 Å². The van der Waals surface area contributed by atoms with Crippen molar-refractivity contribution in [3.8, 4) is 0 Å². The van der Waals surface area contributed by atoms with Crippen LogP contribution < -0.4 is 11.1 Å². The van der Waals surface area contributed by atoms with Crippen molar-refractivity contribution >= 4 is 5.91 Å². The molecule has 1 atom stereocenters. The van der Waals surface area contributed by atoms with Crippen LogP contribution in [-0.4, -0.2) is 5.91 Å². The van der Waals surface area contributed by atoms with E-state index in [1.54, 1.807) is 0 Å². The van der Waals surface area contributed by atoms with Crippen LogP contribution in [0.2, 0.25) is 0 Å². The molecule has 20 heavy (non-hydrogen) atoms. The summed E-state index contributed by atoms with van der Waals surface area (Å²) in [4.78, 5) is 12.1. The van der Waals surface area contributed by atoms with Gasteiger partial charge < -0.3 is 11.1 Å². The van der Waals surface area contributed by atoms with E-state index in [1.807, 2.05) is 48.5 Å². The summed E-state index contributed by atoms with van der Waals surface area (Å²) in [6, 6.07) is 16.9. The van der Waals surface area contributed by atoms with Crippen molar-refractivity contribution in [2.24, 2.45) is 5.73 Å². The van der Waals surface area contributed by atoms with Crippen LogP contribution in [0, 0.1) is 0 Å². The van der Waals surface area contributed by atoms with Crippen LogP contribution in [0.25, 0.3) is 0 Å². The van der Waals surface area contributed by atoms with Crippen LogP contribution in [-0.2, 0) is 17.8 Å². The van der Waals surface area contributed by atoms with Crippen molar-refractivity contribution in [3.63, 3.8) is 0 Å². The summed E-state index contributed by atoms with van der Waals surface area (Å²) in [5, 5.41) is 2.91. The van der Waals surface area contributed by atoms with Gasteiger partial charge >= 0.3 is 0 Å². The second kappa shape index (κ2) is 6.87. The summed E-state index contributed by atoms with van der Waals surface area (Å²) in [6.45, 7) is 2.62. The third-order valence-electron chi connectivity index (χ3n) is 3.39. The molecule has 0 aliphatic rings. The average molecular weight is 268 g/mol. The molecule has 0 bridgehead atoms. The molecule has 3 N–H and O–H groups in total. The predicted octanol–water partition coefficient (Wildman–Crippen LogP) is 2.57. The highest BCUT2D eigenvalue weighted by molar-refractivity contribution is 5.82.